The van der Waals surface area contributed by atoms with Crippen molar-refractivity contribution in [2.45, 2.75) is 57.6 Å². The second-order valence-electron chi connectivity index (χ2n) is 12.2. The number of rotatable bonds is 7. The summed E-state index contributed by atoms with van der Waals surface area (Å²) in [5.74, 6) is -1.71. The molecule has 43 heavy (non-hydrogen) atoms. The molecule has 224 valence electrons. The lowest BCUT2D eigenvalue weighted by Gasteiger charge is -2.48. The van der Waals surface area contributed by atoms with E-state index in [0.29, 0.717) is 24.3 Å². The van der Waals surface area contributed by atoms with Gasteiger partial charge in [0.1, 0.15) is 0 Å². The summed E-state index contributed by atoms with van der Waals surface area (Å²) in [6.07, 6.45) is 2.49. The highest BCUT2D eigenvalue weighted by Gasteiger charge is 2.54. The average Bonchev–Trinajstić information content (AvgIpc) is 2.98. The van der Waals surface area contributed by atoms with Crippen molar-refractivity contribution in [1.82, 2.24) is 9.97 Å². The predicted octanol–water partition coefficient (Wildman–Crippen LogP) is 5.75. The molecule has 9 heteroatoms. The standard InChI is InChI=1S/C34H37ClFN3O3Si/c1-22-20-39(21-23(2)42-22)30-26(19-27(35)29(36)28(30)31(40)32-37-17-12-18-38-32)33(41)43(34(3,4)5,24-13-8-6-9-14-24)25-15-10-7-11-16-25/h6-19,22-23,33,41H,20-21H2,1-5H3/t22-,23+,33?. The zero-order valence-electron chi connectivity index (χ0n) is 25.1. The van der Waals surface area contributed by atoms with Crippen molar-refractivity contribution < 1.29 is 19.0 Å². The molecule has 1 saturated heterocycles. The zero-order valence-corrected chi connectivity index (χ0v) is 26.8. The van der Waals surface area contributed by atoms with E-state index in [1.54, 1.807) is 6.07 Å². The fourth-order valence-corrected chi connectivity index (χ4v) is 12.5. The van der Waals surface area contributed by atoms with Crippen LogP contribution in [0.15, 0.2) is 85.2 Å². The highest BCUT2D eigenvalue weighted by atomic mass is 35.5. The molecule has 1 fully saturated rings. The maximum absolute atomic E-state index is 16.2. The summed E-state index contributed by atoms with van der Waals surface area (Å²) in [4.78, 5) is 24.3. The fraction of sp³-hybridized carbons (Fsp3) is 0.324. The molecule has 5 rings (SSSR count). The van der Waals surface area contributed by atoms with E-state index in [4.69, 9.17) is 16.3 Å². The largest absolute Gasteiger partial charge is 0.391 e. The van der Waals surface area contributed by atoms with Crippen molar-refractivity contribution in [2.24, 2.45) is 0 Å². The van der Waals surface area contributed by atoms with E-state index in [9.17, 15) is 9.90 Å². The van der Waals surface area contributed by atoms with E-state index < -0.39 is 30.4 Å². The second-order valence-corrected chi connectivity index (χ2v) is 17.5. The van der Waals surface area contributed by atoms with E-state index in [1.807, 2.05) is 55.1 Å². The van der Waals surface area contributed by atoms with Gasteiger partial charge in [-0.25, -0.2) is 14.4 Å². The molecule has 0 aliphatic carbocycles. The summed E-state index contributed by atoms with van der Waals surface area (Å²) < 4.78 is 22.2. The molecule has 1 aliphatic heterocycles. The summed E-state index contributed by atoms with van der Waals surface area (Å²) >= 11 is 6.61. The van der Waals surface area contributed by atoms with Crippen LogP contribution in [-0.4, -0.2) is 54.2 Å². The first kappa shape index (κ1) is 31.0. The number of aliphatic hydroxyl groups excluding tert-OH is 1. The van der Waals surface area contributed by atoms with Gasteiger partial charge in [0.25, 0.3) is 0 Å². The SMILES string of the molecule is C[C@@H]1CN(c2c(C(O)[Si](c3ccccc3)(c3ccccc3)C(C)(C)C)cc(Cl)c(F)c2C(=O)c2ncccn2)C[C@H](C)O1. The molecule has 1 aliphatic rings. The summed E-state index contributed by atoms with van der Waals surface area (Å²) in [5.41, 5.74) is -0.655. The van der Waals surface area contributed by atoms with Crippen LogP contribution < -0.4 is 15.3 Å². The Morgan fingerprint density at radius 2 is 1.49 bits per heavy atom. The Kier molecular flexibility index (Phi) is 8.86. The number of anilines is 1. The number of halogens is 2. The Labute approximate surface area is 258 Å². The van der Waals surface area contributed by atoms with Crippen molar-refractivity contribution in [3.05, 3.63) is 113 Å². The maximum atomic E-state index is 16.2. The molecule has 0 saturated carbocycles. The van der Waals surface area contributed by atoms with E-state index in [-0.39, 0.29) is 28.6 Å². The minimum absolute atomic E-state index is 0.148. The van der Waals surface area contributed by atoms with Gasteiger partial charge >= 0.3 is 0 Å². The highest BCUT2D eigenvalue weighted by Crippen LogP contribution is 2.48. The molecule has 3 atom stereocenters. The van der Waals surface area contributed by atoms with Crippen molar-refractivity contribution in [3.8, 4) is 0 Å². The molecule has 3 aromatic carbocycles. The van der Waals surface area contributed by atoms with Gasteiger partial charge in [-0.2, -0.15) is 0 Å². The first-order valence-corrected chi connectivity index (χ1v) is 17.0. The van der Waals surface area contributed by atoms with E-state index in [2.05, 4.69) is 55.0 Å². The zero-order chi connectivity index (χ0) is 30.9. The van der Waals surface area contributed by atoms with Crippen molar-refractivity contribution in [3.63, 3.8) is 0 Å². The van der Waals surface area contributed by atoms with Crippen LogP contribution in [-0.2, 0) is 4.74 Å². The summed E-state index contributed by atoms with van der Waals surface area (Å²) in [6, 6.07) is 23.1. The van der Waals surface area contributed by atoms with Crippen LogP contribution in [0, 0.1) is 5.82 Å². The lowest BCUT2D eigenvalue weighted by molar-refractivity contribution is -0.00541. The van der Waals surface area contributed by atoms with E-state index in [0.717, 1.165) is 10.4 Å². The van der Waals surface area contributed by atoms with E-state index >= 15 is 4.39 Å². The minimum Gasteiger partial charge on any atom is -0.391 e. The van der Waals surface area contributed by atoms with Crippen LogP contribution in [0.1, 0.15) is 62.1 Å². The Hall–Kier alpha value is -3.43. The smallest absolute Gasteiger partial charge is 0.235 e. The molecule has 0 radical (unpaired) electrons. The summed E-state index contributed by atoms with van der Waals surface area (Å²) in [6.45, 7) is 11.1. The third-order valence-corrected chi connectivity index (χ3v) is 14.6. The monoisotopic (exact) mass is 617 g/mol. The van der Waals surface area contributed by atoms with Gasteiger partial charge in [-0.1, -0.05) is 103 Å². The number of carbonyl (C=O) groups is 1. The van der Waals surface area contributed by atoms with Crippen LogP contribution in [0.4, 0.5) is 10.1 Å². The third-order valence-electron chi connectivity index (χ3n) is 8.30. The van der Waals surface area contributed by atoms with Crippen LogP contribution in [0.5, 0.6) is 0 Å². The Balaban J connectivity index is 1.87. The number of aromatic nitrogens is 2. The first-order chi connectivity index (χ1) is 20.5. The molecule has 0 bridgehead atoms. The average molecular weight is 618 g/mol. The number of ether oxygens (including phenoxy) is 1. The number of carbonyl (C=O) groups excluding carboxylic acids is 1. The second kappa shape index (κ2) is 12.3. The molecule has 0 amide bonds. The number of benzene rings is 3. The van der Waals surface area contributed by atoms with E-state index in [1.165, 1.54) is 18.5 Å². The molecule has 1 aromatic heterocycles. The van der Waals surface area contributed by atoms with Crippen molar-refractivity contribution in [2.75, 3.05) is 18.0 Å². The van der Waals surface area contributed by atoms with Gasteiger partial charge in [0.15, 0.2) is 13.9 Å². The van der Waals surface area contributed by atoms with Gasteiger partial charge in [-0.3, -0.25) is 4.79 Å². The number of morpholine rings is 1. The summed E-state index contributed by atoms with van der Waals surface area (Å²) in [7, 11) is -3.23. The predicted molar refractivity (Wildman–Crippen MR) is 172 cm³/mol. The van der Waals surface area contributed by atoms with Crippen LogP contribution in [0.25, 0.3) is 0 Å². The topological polar surface area (TPSA) is 75.5 Å². The van der Waals surface area contributed by atoms with Crippen LogP contribution >= 0.6 is 11.6 Å². The first-order valence-electron chi connectivity index (χ1n) is 14.5. The lowest BCUT2D eigenvalue weighted by atomic mass is 9.99. The molecule has 2 heterocycles. The fourth-order valence-electron chi connectivity index (χ4n) is 6.67. The molecule has 1 unspecified atom stereocenters. The van der Waals surface area contributed by atoms with Gasteiger partial charge in [0, 0.05) is 31.0 Å². The van der Waals surface area contributed by atoms with Gasteiger partial charge in [-0.15, -0.1) is 0 Å². The molecular formula is C34H37ClFN3O3Si. The number of hydrogen-bond acceptors (Lipinski definition) is 6. The molecule has 1 N–H and O–H groups in total. The Morgan fingerprint density at radius 1 is 0.977 bits per heavy atom. The number of aliphatic hydroxyl groups is 1. The minimum atomic E-state index is -3.23. The number of ketones is 1. The Morgan fingerprint density at radius 3 is 1.98 bits per heavy atom. The Bertz CT molecular complexity index is 1540. The summed E-state index contributed by atoms with van der Waals surface area (Å²) in [5, 5.41) is 14.3. The van der Waals surface area contributed by atoms with Crippen LogP contribution in [0.3, 0.4) is 0 Å². The number of hydrogen-bond donors (Lipinski definition) is 1. The quantitative estimate of drug-likeness (QED) is 0.210. The lowest BCUT2D eigenvalue weighted by Crippen LogP contribution is -2.68. The highest BCUT2D eigenvalue weighted by molar-refractivity contribution is 7.04. The number of nitrogens with zero attached hydrogens (tertiary/aromatic N) is 3. The third kappa shape index (κ3) is 5.65. The molecular weight excluding hydrogens is 581 g/mol. The van der Waals surface area contributed by atoms with Gasteiger partial charge in [0.2, 0.25) is 11.6 Å². The van der Waals surface area contributed by atoms with Gasteiger partial charge in [0.05, 0.1) is 34.2 Å². The van der Waals surface area contributed by atoms with Gasteiger partial charge < -0.3 is 14.7 Å². The van der Waals surface area contributed by atoms with Crippen molar-refractivity contribution in [1.29, 1.82) is 0 Å². The maximum Gasteiger partial charge on any atom is 0.235 e. The molecule has 4 aromatic rings. The molecule has 0 spiro atoms. The molecule has 6 nitrogen and oxygen atoms in total. The normalized spacial score (nSPS) is 18.4. The van der Waals surface area contributed by atoms with Gasteiger partial charge in [-0.05, 0) is 31.0 Å². The van der Waals surface area contributed by atoms with Crippen LogP contribution in [0.2, 0.25) is 10.1 Å². The van der Waals surface area contributed by atoms with Crippen molar-refractivity contribution >= 4 is 41.5 Å².